The van der Waals surface area contributed by atoms with Crippen molar-refractivity contribution in [2.24, 2.45) is 0 Å². The summed E-state index contributed by atoms with van der Waals surface area (Å²) in [6.45, 7) is 1.49. The number of benzene rings is 2. The summed E-state index contributed by atoms with van der Waals surface area (Å²) >= 11 is 2.82. The van der Waals surface area contributed by atoms with Gasteiger partial charge in [-0.15, -0.1) is 10.2 Å². The fourth-order valence-electron chi connectivity index (χ4n) is 2.84. The van der Waals surface area contributed by atoms with Crippen LogP contribution in [0.15, 0.2) is 64.5 Å². The maximum absolute atomic E-state index is 13.0. The summed E-state index contributed by atoms with van der Waals surface area (Å²) in [4.78, 5) is 14.7. The average Bonchev–Trinajstić information content (AvgIpc) is 3.29. The van der Waals surface area contributed by atoms with Crippen molar-refractivity contribution >= 4 is 40.8 Å². The maximum atomic E-state index is 13.0. The van der Waals surface area contributed by atoms with Crippen LogP contribution in [0.3, 0.4) is 0 Å². The van der Waals surface area contributed by atoms with E-state index in [9.17, 15) is 4.79 Å². The van der Waals surface area contributed by atoms with E-state index in [1.54, 1.807) is 10.4 Å². The lowest BCUT2D eigenvalue weighted by atomic mass is 10.2. The van der Waals surface area contributed by atoms with Crippen LogP contribution >= 0.6 is 23.1 Å². The molecule has 0 aliphatic carbocycles. The van der Waals surface area contributed by atoms with Gasteiger partial charge in [-0.25, -0.2) is 0 Å². The van der Waals surface area contributed by atoms with E-state index in [1.807, 2.05) is 60.7 Å². The number of rotatable bonds is 7. The van der Waals surface area contributed by atoms with Crippen LogP contribution in [0, 0.1) is 0 Å². The number of hydrogen-bond donors (Lipinski definition) is 0. The third-order valence-electron chi connectivity index (χ3n) is 4.20. The molecular formula is C21H19N3O3S2. The Labute approximate surface area is 177 Å². The van der Waals surface area contributed by atoms with Crippen molar-refractivity contribution in [2.45, 2.75) is 4.34 Å². The van der Waals surface area contributed by atoms with Gasteiger partial charge in [0.2, 0.25) is 5.91 Å². The third-order valence-corrected chi connectivity index (χ3v) is 6.04. The normalized spacial score (nSPS) is 12.8. The van der Waals surface area contributed by atoms with Crippen LogP contribution in [-0.4, -0.2) is 41.6 Å². The molecule has 0 saturated heterocycles. The zero-order valence-corrected chi connectivity index (χ0v) is 17.2. The van der Waals surface area contributed by atoms with E-state index in [2.05, 4.69) is 10.2 Å². The van der Waals surface area contributed by atoms with Gasteiger partial charge in [0, 0.05) is 18.3 Å². The highest BCUT2D eigenvalue weighted by atomic mass is 32.2. The smallest absolute Gasteiger partial charge is 0.237 e. The van der Waals surface area contributed by atoms with Gasteiger partial charge in [0.15, 0.2) is 15.8 Å². The van der Waals surface area contributed by atoms with Gasteiger partial charge in [-0.1, -0.05) is 65.6 Å². The number of carbonyl (C=O) groups excluding carboxylic acids is 1. The SMILES string of the molecule is O=C(CSc1nncs1)N(C/C=C/c1ccccc1)c1ccc2c(c1)OCCO2. The Morgan fingerprint density at radius 2 is 1.97 bits per heavy atom. The van der Waals surface area contributed by atoms with Crippen molar-refractivity contribution in [2.75, 3.05) is 30.4 Å². The maximum Gasteiger partial charge on any atom is 0.237 e. The lowest BCUT2D eigenvalue weighted by molar-refractivity contribution is -0.116. The molecule has 1 aliphatic heterocycles. The van der Waals surface area contributed by atoms with Gasteiger partial charge in [-0.05, 0) is 17.7 Å². The van der Waals surface area contributed by atoms with E-state index in [1.165, 1.54) is 23.1 Å². The predicted molar refractivity (Wildman–Crippen MR) is 116 cm³/mol. The van der Waals surface area contributed by atoms with Crippen molar-refractivity contribution in [3.8, 4) is 11.5 Å². The first kappa shape index (κ1) is 19.5. The minimum absolute atomic E-state index is 0.0143. The van der Waals surface area contributed by atoms with Gasteiger partial charge >= 0.3 is 0 Å². The lowest BCUT2D eigenvalue weighted by Crippen LogP contribution is -2.32. The van der Waals surface area contributed by atoms with Crippen LogP contribution in [0.5, 0.6) is 11.5 Å². The van der Waals surface area contributed by atoms with Gasteiger partial charge in [0.05, 0.1) is 5.75 Å². The fraction of sp³-hybridized carbons (Fsp3) is 0.190. The summed E-state index contributed by atoms with van der Waals surface area (Å²) in [5.41, 5.74) is 3.52. The third kappa shape index (κ3) is 5.16. The molecule has 6 nitrogen and oxygen atoms in total. The number of thioether (sulfide) groups is 1. The lowest BCUT2D eigenvalue weighted by Gasteiger charge is -2.24. The molecule has 0 bridgehead atoms. The number of hydrogen-bond acceptors (Lipinski definition) is 7. The molecule has 1 aromatic heterocycles. The Morgan fingerprint density at radius 3 is 2.76 bits per heavy atom. The second-order valence-corrected chi connectivity index (χ2v) is 8.19. The standard InChI is InChI=1S/C21H19N3O3S2/c25-20(14-28-21-23-22-15-29-21)24(10-4-7-16-5-2-1-3-6-16)17-8-9-18-19(13-17)27-12-11-26-18/h1-9,13,15H,10-12,14H2/b7-4+. The molecule has 148 valence electrons. The number of anilines is 1. The zero-order valence-electron chi connectivity index (χ0n) is 15.6. The molecule has 0 fully saturated rings. The van der Waals surface area contributed by atoms with Crippen molar-refractivity contribution < 1.29 is 14.3 Å². The van der Waals surface area contributed by atoms with Gasteiger partial charge in [0.1, 0.15) is 18.7 Å². The fourth-order valence-corrected chi connectivity index (χ4v) is 4.20. The summed E-state index contributed by atoms with van der Waals surface area (Å²) in [5, 5.41) is 7.81. The van der Waals surface area contributed by atoms with Crippen molar-refractivity contribution in [3.05, 3.63) is 65.7 Å². The Morgan fingerprint density at radius 1 is 1.14 bits per heavy atom. The van der Waals surface area contributed by atoms with E-state index < -0.39 is 0 Å². The number of ether oxygens (including phenoxy) is 2. The molecule has 4 rings (SSSR count). The van der Waals surface area contributed by atoms with E-state index in [0.29, 0.717) is 31.3 Å². The summed E-state index contributed by atoms with van der Waals surface area (Å²) < 4.78 is 12.1. The van der Waals surface area contributed by atoms with E-state index >= 15 is 0 Å². The summed E-state index contributed by atoms with van der Waals surface area (Å²) in [5.74, 6) is 1.63. The van der Waals surface area contributed by atoms with Crippen molar-refractivity contribution in [1.29, 1.82) is 0 Å². The van der Waals surface area contributed by atoms with Gasteiger partial charge < -0.3 is 14.4 Å². The number of aromatic nitrogens is 2. The van der Waals surface area contributed by atoms with Crippen LogP contribution in [0.25, 0.3) is 6.08 Å². The Bertz CT molecular complexity index is 978. The molecule has 0 unspecified atom stereocenters. The Kier molecular flexibility index (Phi) is 6.43. The minimum atomic E-state index is -0.0143. The van der Waals surface area contributed by atoms with Crippen LogP contribution in [0.4, 0.5) is 5.69 Å². The Balaban J connectivity index is 1.52. The molecular weight excluding hydrogens is 406 g/mol. The average molecular weight is 426 g/mol. The van der Waals surface area contributed by atoms with Crippen LogP contribution < -0.4 is 14.4 Å². The van der Waals surface area contributed by atoms with E-state index in [-0.39, 0.29) is 11.7 Å². The van der Waals surface area contributed by atoms with E-state index in [0.717, 1.165) is 15.6 Å². The second kappa shape index (κ2) is 9.58. The number of nitrogens with zero attached hydrogens (tertiary/aromatic N) is 3. The molecule has 29 heavy (non-hydrogen) atoms. The quantitative estimate of drug-likeness (QED) is 0.530. The van der Waals surface area contributed by atoms with Gasteiger partial charge in [-0.2, -0.15) is 0 Å². The highest BCUT2D eigenvalue weighted by Crippen LogP contribution is 2.34. The molecule has 0 atom stereocenters. The molecule has 0 spiro atoms. The van der Waals surface area contributed by atoms with Gasteiger partial charge in [-0.3, -0.25) is 4.79 Å². The first-order valence-electron chi connectivity index (χ1n) is 9.10. The highest BCUT2D eigenvalue weighted by Gasteiger charge is 2.19. The first-order valence-corrected chi connectivity index (χ1v) is 11.0. The molecule has 0 N–H and O–H groups in total. The summed E-state index contributed by atoms with van der Waals surface area (Å²) in [6.07, 6.45) is 4.00. The Hall–Kier alpha value is -2.84. The first-order chi connectivity index (χ1) is 14.3. The number of fused-ring (bicyclic) bond motifs is 1. The largest absolute Gasteiger partial charge is 0.486 e. The van der Waals surface area contributed by atoms with Crippen LogP contribution in [0.1, 0.15) is 5.56 Å². The van der Waals surface area contributed by atoms with Crippen LogP contribution in [-0.2, 0) is 4.79 Å². The predicted octanol–water partition coefficient (Wildman–Crippen LogP) is 4.15. The molecule has 2 heterocycles. The monoisotopic (exact) mass is 425 g/mol. The molecule has 1 aliphatic rings. The van der Waals surface area contributed by atoms with E-state index in [4.69, 9.17) is 9.47 Å². The topological polar surface area (TPSA) is 64.6 Å². The summed E-state index contributed by atoms with van der Waals surface area (Å²) in [7, 11) is 0. The molecule has 0 saturated carbocycles. The minimum Gasteiger partial charge on any atom is -0.486 e. The molecule has 3 aromatic rings. The zero-order chi connectivity index (χ0) is 19.9. The molecule has 1 amide bonds. The number of carbonyl (C=O) groups is 1. The highest BCUT2D eigenvalue weighted by molar-refractivity contribution is 8.01. The molecule has 2 aromatic carbocycles. The summed E-state index contributed by atoms with van der Waals surface area (Å²) in [6, 6.07) is 15.6. The second-order valence-electron chi connectivity index (χ2n) is 6.14. The molecule has 0 radical (unpaired) electrons. The number of amides is 1. The van der Waals surface area contributed by atoms with Crippen molar-refractivity contribution in [1.82, 2.24) is 10.2 Å². The molecule has 8 heteroatoms. The van der Waals surface area contributed by atoms with Gasteiger partial charge in [0.25, 0.3) is 0 Å². The van der Waals surface area contributed by atoms with Crippen molar-refractivity contribution in [3.63, 3.8) is 0 Å². The van der Waals surface area contributed by atoms with Crippen LogP contribution in [0.2, 0.25) is 0 Å².